The summed E-state index contributed by atoms with van der Waals surface area (Å²) in [4.78, 5) is 11.3. The van der Waals surface area contributed by atoms with Gasteiger partial charge in [0.2, 0.25) is 0 Å². The molecule has 2 aromatic carbocycles. The molecule has 0 bridgehead atoms. The lowest BCUT2D eigenvalue weighted by Crippen LogP contribution is -1.90. The molecule has 2 aromatic rings. The zero-order chi connectivity index (χ0) is 13.8. The fourth-order valence-electron chi connectivity index (χ4n) is 1.51. The Labute approximate surface area is 110 Å². The van der Waals surface area contributed by atoms with Crippen molar-refractivity contribution in [1.82, 2.24) is 0 Å². The molecule has 0 amide bonds. The summed E-state index contributed by atoms with van der Waals surface area (Å²) >= 11 is 0. The van der Waals surface area contributed by atoms with Gasteiger partial charge < -0.3 is 10.8 Å². The predicted octanol–water partition coefficient (Wildman–Crippen LogP) is 3.59. The third kappa shape index (κ3) is 2.95. The van der Waals surface area contributed by atoms with Crippen molar-refractivity contribution in [2.75, 3.05) is 5.73 Å². The molecule has 0 atom stereocenters. The van der Waals surface area contributed by atoms with E-state index in [1.54, 1.807) is 24.3 Å². The molecular formula is C14H13N3O2. The fraction of sp³-hybridized carbons (Fsp3) is 0.0714. The van der Waals surface area contributed by atoms with Crippen LogP contribution < -0.4 is 5.73 Å². The molecule has 0 heterocycles. The Balaban J connectivity index is 2.35. The number of phenolic OH excluding ortho intramolecular Hbond substituents is 1. The van der Waals surface area contributed by atoms with E-state index in [1.165, 1.54) is 25.1 Å². The third-order valence-electron chi connectivity index (χ3n) is 2.58. The van der Waals surface area contributed by atoms with E-state index in [1.807, 2.05) is 0 Å². The molecule has 0 saturated heterocycles. The van der Waals surface area contributed by atoms with E-state index >= 15 is 0 Å². The SMILES string of the molecule is CC(=O)c1ccc(O)c(N=Nc2ccccc2N)c1. The molecule has 0 saturated carbocycles. The van der Waals surface area contributed by atoms with Crippen molar-refractivity contribution in [3.05, 3.63) is 48.0 Å². The van der Waals surface area contributed by atoms with Crippen molar-refractivity contribution >= 4 is 22.8 Å². The molecule has 96 valence electrons. The van der Waals surface area contributed by atoms with Crippen LogP contribution in [0, 0.1) is 0 Å². The molecule has 2 rings (SSSR count). The van der Waals surface area contributed by atoms with Crippen molar-refractivity contribution in [3.63, 3.8) is 0 Å². The van der Waals surface area contributed by atoms with Crippen molar-refractivity contribution < 1.29 is 9.90 Å². The van der Waals surface area contributed by atoms with Crippen LogP contribution in [-0.2, 0) is 0 Å². The summed E-state index contributed by atoms with van der Waals surface area (Å²) in [7, 11) is 0. The van der Waals surface area contributed by atoms with Crippen LogP contribution in [0.2, 0.25) is 0 Å². The molecule has 19 heavy (non-hydrogen) atoms. The van der Waals surface area contributed by atoms with Gasteiger partial charge in [-0.2, -0.15) is 0 Å². The van der Waals surface area contributed by atoms with Gasteiger partial charge in [-0.05, 0) is 37.3 Å². The largest absolute Gasteiger partial charge is 0.506 e. The van der Waals surface area contributed by atoms with Crippen LogP contribution in [0.25, 0.3) is 0 Å². The summed E-state index contributed by atoms with van der Waals surface area (Å²) in [6.45, 7) is 1.45. The smallest absolute Gasteiger partial charge is 0.159 e. The van der Waals surface area contributed by atoms with E-state index in [2.05, 4.69) is 10.2 Å². The van der Waals surface area contributed by atoms with E-state index in [9.17, 15) is 9.90 Å². The Hall–Kier alpha value is -2.69. The van der Waals surface area contributed by atoms with Gasteiger partial charge in [0.25, 0.3) is 0 Å². The summed E-state index contributed by atoms with van der Waals surface area (Å²) in [6.07, 6.45) is 0. The highest BCUT2D eigenvalue weighted by Gasteiger charge is 2.05. The first-order valence-electron chi connectivity index (χ1n) is 5.68. The van der Waals surface area contributed by atoms with Crippen LogP contribution >= 0.6 is 0 Å². The molecular weight excluding hydrogens is 242 g/mol. The predicted molar refractivity (Wildman–Crippen MR) is 73.1 cm³/mol. The van der Waals surface area contributed by atoms with Crippen molar-refractivity contribution in [3.8, 4) is 5.75 Å². The van der Waals surface area contributed by atoms with Gasteiger partial charge in [0, 0.05) is 5.56 Å². The maximum atomic E-state index is 11.3. The number of nitrogen functional groups attached to an aromatic ring is 1. The lowest BCUT2D eigenvalue weighted by Gasteiger charge is -2.01. The molecule has 0 spiro atoms. The molecule has 0 aliphatic carbocycles. The average molecular weight is 255 g/mol. The number of benzene rings is 2. The molecule has 0 radical (unpaired) electrons. The maximum absolute atomic E-state index is 11.3. The summed E-state index contributed by atoms with van der Waals surface area (Å²) < 4.78 is 0. The molecule has 0 unspecified atom stereocenters. The van der Waals surface area contributed by atoms with Gasteiger partial charge in [-0.3, -0.25) is 4.79 Å². The minimum absolute atomic E-state index is 0.0387. The first-order chi connectivity index (χ1) is 9.08. The normalized spacial score (nSPS) is 10.8. The van der Waals surface area contributed by atoms with Gasteiger partial charge in [-0.25, -0.2) is 0 Å². The first-order valence-corrected chi connectivity index (χ1v) is 5.68. The second-order valence-corrected chi connectivity index (χ2v) is 4.02. The second-order valence-electron chi connectivity index (χ2n) is 4.02. The molecule has 5 nitrogen and oxygen atoms in total. The number of para-hydroxylation sites is 1. The number of aromatic hydroxyl groups is 1. The summed E-state index contributed by atoms with van der Waals surface area (Å²) in [5.41, 5.74) is 7.43. The summed E-state index contributed by atoms with van der Waals surface area (Å²) in [5.74, 6) is -0.140. The highest BCUT2D eigenvalue weighted by atomic mass is 16.3. The van der Waals surface area contributed by atoms with Gasteiger partial charge >= 0.3 is 0 Å². The van der Waals surface area contributed by atoms with Crippen LogP contribution in [0.3, 0.4) is 0 Å². The van der Waals surface area contributed by atoms with Crippen LogP contribution in [0.4, 0.5) is 17.1 Å². The minimum Gasteiger partial charge on any atom is -0.506 e. The van der Waals surface area contributed by atoms with Gasteiger partial charge in [-0.15, -0.1) is 10.2 Å². The van der Waals surface area contributed by atoms with Crippen molar-refractivity contribution in [1.29, 1.82) is 0 Å². The van der Waals surface area contributed by atoms with Gasteiger partial charge in [0.15, 0.2) is 5.78 Å². The zero-order valence-electron chi connectivity index (χ0n) is 10.4. The number of anilines is 1. The lowest BCUT2D eigenvalue weighted by atomic mass is 10.1. The lowest BCUT2D eigenvalue weighted by molar-refractivity contribution is 0.101. The van der Waals surface area contributed by atoms with E-state index in [4.69, 9.17) is 5.73 Å². The van der Waals surface area contributed by atoms with Crippen LogP contribution in [0.1, 0.15) is 17.3 Å². The summed E-state index contributed by atoms with van der Waals surface area (Å²) in [6, 6.07) is 11.4. The molecule has 3 N–H and O–H groups in total. The molecule has 0 fully saturated rings. The monoisotopic (exact) mass is 255 g/mol. The van der Waals surface area contributed by atoms with E-state index < -0.39 is 0 Å². The number of phenols is 1. The van der Waals surface area contributed by atoms with E-state index in [0.29, 0.717) is 16.9 Å². The van der Waals surface area contributed by atoms with Gasteiger partial charge in [-0.1, -0.05) is 12.1 Å². The van der Waals surface area contributed by atoms with E-state index in [-0.39, 0.29) is 17.2 Å². The number of hydrogen-bond donors (Lipinski definition) is 2. The summed E-state index contributed by atoms with van der Waals surface area (Å²) in [5, 5.41) is 17.6. The number of ketones is 1. The number of carbonyl (C=O) groups excluding carboxylic acids is 1. The van der Waals surface area contributed by atoms with Gasteiger partial charge in [0.05, 0.1) is 5.69 Å². The molecule has 5 heteroatoms. The van der Waals surface area contributed by atoms with Crippen molar-refractivity contribution in [2.24, 2.45) is 10.2 Å². The average Bonchev–Trinajstić information content (AvgIpc) is 2.39. The number of carbonyl (C=O) groups is 1. The van der Waals surface area contributed by atoms with Crippen LogP contribution in [0.15, 0.2) is 52.7 Å². The standard InChI is InChI=1S/C14H13N3O2/c1-9(18)10-6-7-14(19)13(8-10)17-16-12-5-3-2-4-11(12)15/h2-8,19H,15H2,1H3. The Kier molecular flexibility index (Phi) is 3.56. The topological polar surface area (TPSA) is 88.0 Å². The molecule has 0 aliphatic heterocycles. The number of rotatable bonds is 3. The molecule has 0 aliphatic rings. The fourth-order valence-corrected chi connectivity index (χ4v) is 1.51. The third-order valence-corrected chi connectivity index (χ3v) is 2.58. The highest BCUT2D eigenvalue weighted by Crippen LogP contribution is 2.30. The quantitative estimate of drug-likeness (QED) is 0.499. The minimum atomic E-state index is -0.101. The van der Waals surface area contributed by atoms with E-state index in [0.717, 1.165) is 0 Å². The van der Waals surface area contributed by atoms with Crippen LogP contribution in [-0.4, -0.2) is 10.9 Å². The van der Waals surface area contributed by atoms with Crippen LogP contribution in [0.5, 0.6) is 5.75 Å². The number of hydrogen-bond acceptors (Lipinski definition) is 5. The zero-order valence-corrected chi connectivity index (χ0v) is 10.4. The number of nitrogens with zero attached hydrogens (tertiary/aromatic N) is 2. The Morgan fingerprint density at radius 1 is 1.11 bits per heavy atom. The Morgan fingerprint density at radius 2 is 1.79 bits per heavy atom. The Morgan fingerprint density at radius 3 is 2.47 bits per heavy atom. The number of Topliss-reactive ketones (excluding diaryl/α,β-unsaturated/α-hetero) is 1. The second kappa shape index (κ2) is 5.30. The molecule has 0 aromatic heterocycles. The first kappa shape index (κ1) is 12.8. The highest BCUT2D eigenvalue weighted by molar-refractivity contribution is 5.95. The Bertz CT molecular complexity index is 651. The maximum Gasteiger partial charge on any atom is 0.159 e. The van der Waals surface area contributed by atoms with Crippen molar-refractivity contribution in [2.45, 2.75) is 6.92 Å². The number of azo groups is 1. The van der Waals surface area contributed by atoms with Gasteiger partial charge in [0.1, 0.15) is 17.1 Å². The number of nitrogens with two attached hydrogens (primary N) is 1.